The molecule has 6 nitrogen and oxygen atoms in total. The van der Waals surface area contributed by atoms with Crippen LogP contribution in [-0.2, 0) is 6.42 Å². The van der Waals surface area contributed by atoms with Gasteiger partial charge in [0.2, 0.25) is 0 Å². The maximum Gasteiger partial charge on any atom is 0.159 e. The SMILES string of the molecule is C1=C(C2CCCCC2)c2oc3c(N(c4ccccc4)c4ccc5c6cc7c(cc6n6c8ccccc8c4c56)c4ccc(N(c5ccccc5)c5cccc6c5oc5c(C8CCCCC8)cccc56)c5c6c(n7c54)=CCCC=6)cccc3c2CC1. The van der Waals surface area contributed by atoms with Crippen LogP contribution in [0.25, 0.3) is 116 Å². The Labute approximate surface area is 486 Å². The van der Waals surface area contributed by atoms with Crippen molar-refractivity contribution in [3.8, 4) is 0 Å². The molecule has 6 heteroatoms. The molecule has 0 atom stereocenters. The molecule has 15 aromatic rings. The molecule has 9 aromatic carbocycles. The number of nitrogens with zero attached hydrogens (tertiary/aromatic N) is 4. The van der Waals surface area contributed by atoms with E-state index >= 15 is 0 Å². The standard InChI is InChI=1S/C78H62N4O2/c1-5-21-47(22-6-1)51-31-17-33-55-57-35-19-39-67(77(57)83-75(51)55)79(49-25-9-3-10-26-49)65-43-41-53-61-45-70-62(46-69(61)81-63-37-15-13-29-59(63)71(65)73(53)81)54-42-44-66(72-60-30-14-16-38-64(60)82(70)74(54)72)80(50-27-11-4-12-28-50)68-40-20-36-58-56-34-18-32-52(76(56)84-78(58)68)48-23-7-2-8-24-48/h3-4,9-13,15,18-20,25-32,34-48H,1-2,5-8,14,16-17,21-24,33H2. The second-order valence-electron chi connectivity index (χ2n) is 24.8. The third kappa shape index (κ3) is 6.57. The Morgan fingerprint density at radius 1 is 0.381 bits per heavy atom. The summed E-state index contributed by atoms with van der Waals surface area (Å²) in [5, 5.41) is 15.1. The lowest BCUT2D eigenvalue weighted by Gasteiger charge is -2.26. The molecule has 2 saturated carbocycles. The van der Waals surface area contributed by atoms with Crippen molar-refractivity contribution in [2.24, 2.45) is 5.92 Å². The van der Waals surface area contributed by atoms with Gasteiger partial charge in [-0.3, -0.25) is 0 Å². The Bertz CT molecular complexity index is 5350. The minimum atomic E-state index is 0.529. The predicted octanol–water partition coefficient (Wildman–Crippen LogP) is 20.7. The summed E-state index contributed by atoms with van der Waals surface area (Å²) < 4.78 is 19.8. The van der Waals surface area contributed by atoms with Crippen LogP contribution >= 0.6 is 0 Å². The molecule has 2 fully saturated rings. The molecule has 0 saturated heterocycles. The van der Waals surface area contributed by atoms with Gasteiger partial charge in [0.05, 0.1) is 50.3 Å². The number of allylic oxidation sites excluding steroid dienone is 2. The summed E-state index contributed by atoms with van der Waals surface area (Å²) >= 11 is 0. The lowest BCUT2D eigenvalue weighted by atomic mass is 9.79. The fourth-order valence-corrected chi connectivity index (χ4v) is 16.8. The summed E-state index contributed by atoms with van der Waals surface area (Å²) in [6.07, 6.45) is 24.4. The van der Waals surface area contributed by atoms with Crippen molar-refractivity contribution in [3.05, 3.63) is 209 Å². The molecule has 84 heavy (non-hydrogen) atoms. The van der Waals surface area contributed by atoms with Crippen molar-refractivity contribution >= 4 is 150 Å². The van der Waals surface area contributed by atoms with Gasteiger partial charge in [0.1, 0.15) is 11.3 Å². The van der Waals surface area contributed by atoms with Crippen LogP contribution < -0.4 is 20.4 Å². The molecule has 0 radical (unpaired) electrons. The van der Waals surface area contributed by atoms with Gasteiger partial charge < -0.3 is 27.4 Å². The molecule has 6 heterocycles. The molecular formula is C78H62N4O2. The second kappa shape index (κ2) is 18.1. The number of furan rings is 2. The van der Waals surface area contributed by atoms with E-state index in [-0.39, 0.29) is 0 Å². The normalized spacial score (nSPS) is 16.3. The van der Waals surface area contributed by atoms with Crippen LogP contribution in [0.5, 0.6) is 0 Å². The van der Waals surface area contributed by atoms with Crippen molar-refractivity contribution in [2.75, 3.05) is 9.80 Å². The van der Waals surface area contributed by atoms with Gasteiger partial charge in [-0.2, -0.15) is 0 Å². The van der Waals surface area contributed by atoms with Gasteiger partial charge in [0, 0.05) is 81.4 Å². The average molecular weight is 1090 g/mol. The van der Waals surface area contributed by atoms with Crippen LogP contribution in [-0.4, -0.2) is 8.80 Å². The molecule has 4 aliphatic rings. The first-order valence-electron chi connectivity index (χ1n) is 31.3. The van der Waals surface area contributed by atoms with Gasteiger partial charge in [-0.25, -0.2) is 0 Å². The van der Waals surface area contributed by atoms with Crippen molar-refractivity contribution in [1.82, 2.24) is 8.80 Å². The summed E-state index contributed by atoms with van der Waals surface area (Å²) in [5.41, 5.74) is 20.0. The van der Waals surface area contributed by atoms with Gasteiger partial charge in [-0.1, -0.05) is 166 Å². The van der Waals surface area contributed by atoms with E-state index in [9.17, 15) is 0 Å². The topological polar surface area (TPSA) is 41.6 Å². The summed E-state index contributed by atoms with van der Waals surface area (Å²) in [6.45, 7) is 0. The van der Waals surface area contributed by atoms with E-state index < -0.39 is 0 Å². The Kier molecular flexibility index (Phi) is 10.2. The first-order chi connectivity index (χ1) is 41.7. The van der Waals surface area contributed by atoms with E-state index in [1.165, 1.54) is 173 Å². The molecule has 4 aliphatic carbocycles. The Balaban J connectivity index is 0.835. The van der Waals surface area contributed by atoms with Gasteiger partial charge in [-0.05, 0) is 141 Å². The molecule has 6 aromatic heterocycles. The van der Waals surface area contributed by atoms with Gasteiger partial charge in [-0.15, -0.1) is 0 Å². The highest BCUT2D eigenvalue weighted by Crippen LogP contribution is 2.53. The van der Waals surface area contributed by atoms with Crippen LogP contribution in [0.1, 0.15) is 106 Å². The highest BCUT2D eigenvalue weighted by atomic mass is 16.3. The van der Waals surface area contributed by atoms with Crippen LogP contribution in [0, 0.1) is 5.92 Å². The molecule has 0 unspecified atom stereocenters. The molecular weight excluding hydrogens is 1020 g/mol. The largest absolute Gasteiger partial charge is 0.454 e. The monoisotopic (exact) mass is 1090 g/mol. The average Bonchev–Trinajstić information content (AvgIpc) is 1.68. The minimum absolute atomic E-state index is 0.529. The highest BCUT2D eigenvalue weighted by molar-refractivity contribution is 6.30. The summed E-state index contributed by atoms with van der Waals surface area (Å²) in [6, 6.07) is 66.2. The van der Waals surface area contributed by atoms with Gasteiger partial charge in [0.15, 0.2) is 11.2 Å². The van der Waals surface area contributed by atoms with Crippen LogP contribution in [0.3, 0.4) is 0 Å². The Morgan fingerprint density at radius 2 is 0.952 bits per heavy atom. The maximum atomic E-state index is 7.32. The number of aromatic nitrogens is 2. The molecule has 0 spiro atoms. The van der Waals surface area contributed by atoms with E-state index in [4.69, 9.17) is 8.83 Å². The molecule has 0 amide bonds. The second-order valence-corrected chi connectivity index (χ2v) is 24.8. The number of rotatable bonds is 8. The van der Waals surface area contributed by atoms with Crippen LogP contribution in [0.4, 0.5) is 34.1 Å². The third-order valence-corrected chi connectivity index (χ3v) is 20.4. The number of hydrogen-bond acceptors (Lipinski definition) is 4. The van der Waals surface area contributed by atoms with Crippen molar-refractivity contribution in [3.63, 3.8) is 0 Å². The molecule has 0 N–H and O–H groups in total. The third-order valence-electron chi connectivity index (χ3n) is 20.4. The lowest BCUT2D eigenvalue weighted by Crippen LogP contribution is -2.28. The van der Waals surface area contributed by atoms with E-state index in [0.29, 0.717) is 11.8 Å². The lowest BCUT2D eigenvalue weighted by molar-refractivity contribution is 0.420. The number of hydrogen-bond donors (Lipinski definition) is 0. The number of benzene rings is 9. The zero-order chi connectivity index (χ0) is 54.7. The Morgan fingerprint density at radius 3 is 1.67 bits per heavy atom. The van der Waals surface area contributed by atoms with Crippen LogP contribution in [0.15, 0.2) is 191 Å². The molecule has 19 rings (SSSR count). The fraction of sp³-hybridized carbons (Fsp3) is 0.205. The molecule has 406 valence electrons. The fourth-order valence-electron chi connectivity index (χ4n) is 16.8. The van der Waals surface area contributed by atoms with E-state index in [2.05, 4.69) is 213 Å². The summed E-state index contributed by atoms with van der Waals surface area (Å²) in [4.78, 5) is 4.98. The van der Waals surface area contributed by atoms with E-state index in [1.807, 2.05) is 0 Å². The summed E-state index contributed by atoms with van der Waals surface area (Å²) in [7, 11) is 0. The minimum Gasteiger partial charge on any atom is -0.454 e. The molecule has 0 bridgehead atoms. The summed E-state index contributed by atoms with van der Waals surface area (Å²) in [5.74, 6) is 2.24. The zero-order valence-electron chi connectivity index (χ0n) is 47.1. The van der Waals surface area contributed by atoms with Crippen molar-refractivity contribution < 1.29 is 8.83 Å². The first kappa shape index (κ1) is 47.3. The van der Waals surface area contributed by atoms with E-state index in [0.717, 1.165) is 82.3 Å². The number of aryl methyl sites for hydroxylation is 1. The number of fused-ring (bicyclic) bond motifs is 18. The first-order valence-corrected chi connectivity index (χ1v) is 31.3. The highest BCUT2D eigenvalue weighted by Gasteiger charge is 2.33. The van der Waals surface area contributed by atoms with Crippen molar-refractivity contribution in [2.45, 2.75) is 95.8 Å². The van der Waals surface area contributed by atoms with Crippen molar-refractivity contribution in [1.29, 1.82) is 0 Å². The maximum absolute atomic E-state index is 7.32. The van der Waals surface area contributed by atoms with Gasteiger partial charge >= 0.3 is 0 Å². The Hall–Kier alpha value is -9.26. The predicted molar refractivity (Wildman–Crippen MR) is 351 cm³/mol. The number of anilines is 6. The van der Waals surface area contributed by atoms with Crippen LogP contribution in [0.2, 0.25) is 0 Å². The van der Waals surface area contributed by atoms with E-state index in [1.54, 1.807) is 0 Å². The van der Waals surface area contributed by atoms with Gasteiger partial charge in [0.25, 0.3) is 0 Å². The quantitative estimate of drug-likeness (QED) is 0.152. The molecule has 0 aliphatic heterocycles. The zero-order valence-corrected chi connectivity index (χ0v) is 47.1. The smallest absolute Gasteiger partial charge is 0.159 e. The number of para-hydroxylation sites is 6.